The average Bonchev–Trinajstić information content (AvgIpc) is 3.31. The molecule has 0 aliphatic heterocycles. The summed E-state index contributed by atoms with van der Waals surface area (Å²) in [6, 6.07) is 0. The van der Waals surface area contributed by atoms with Gasteiger partial charge in [0.05, 0.1) is 0 Å². The largest absolute Gasteiger partial charge is 0.480 e. The number of amides is 1. The summed E-state index contributed by atoms with van der Waals surface area (Å²) in [7, 11) is 0. The Labute approximate surface area is 255 Å². The van der Waals surface area contributed by atoms with Crippen LogP contribution in [0.1, 0.15) is 150 Å². The summed E-state index contributed by atoms with van der Waals surface area (Å²) in [5, 5.41) is 11.4. The average molecular weight is 588 g/mol. The monoisotopic (exact) mass is 587 g/mol. The first-order chi connectivity index (χ1) is 20.1. The van der Waals surface area contributed by atoms with Gasteiger partial charge in [0.2, 0.25) is 5.91 Å². The maximum atomic E-state index is 12.6. The predicted molar refractivity (Wildman–Crippen MR) is 167 cm³/mol. The Morgan fingerprint density at radius 2 is 1.55 bits per heavy atom. The minimum Gasteiger partial charge on any atom is -0.480 e. The van der Waals surface area contributed by atoms with Crippen LogP contribution in [0.3, 0.4) is 0 Å². The van der Waals surface area contributed by atoms with E-state index in [4.69, 9.17) is 9.84 Å². The second-order valence-corrected chi connectivity index (χ2v) is 15.3. The van der Waals surface area contributed by atoms with Crippen LogP contribution in [0.15, 0.2) is 0 Å². The molecule has 9 unspecified atom stereocenters. The summed E-state index contributed by atoms with van der Waals surface area (Å²) in [6.07, 6.45) is 21.6. The molecule has 0 heterocycles. The first-order valence-corrected chi connectivity index (χ1v) is 17.8. The number of hydrogen-bond acceptors (Lipinski definition) is 4. The highest BCUT2D eigenvalue weighted by molar-refractivity contribution is 5.81. The van der Waals surface area contributed by atoms with Crippen LogP contribution in [0, 0.1) is 46.3 Å². The molecule has 4 fully saturated rings. The number of carbonyl (C=O) groups excluding carboxylic acids is 2. The van der Waals surface area contributed by atoms with Crippen LogP contribution in [-0.4, -0.2) is 35.6 Å². The lowest BCUT2D eigenvalue weighted by molar-refractivity contribution is -0.162. The molecule has 240 valence electrons. The van der Waals surface area contributed by atoms with Crippen LogP contribution in [-0.2, 0) is 19.1 Å². The highest BCUT2D eigenvalue weighted by Crippen LogP contribution is 2.68. The van der Waals surface area contributed by atoms with E-state index in [0.29, 0.717) is 41.4 Å². The lowest BCUT2D eigenvalue weighted by Gasteiger charge is -2.61. The number of rotatable bonds is 15. The molecule has 0 bridgehead atoms. The van der Waals surface area contributed by atoms with Gasteiger partial charge in [-0.1, -0.05) is 66.2 Å². The molecule has 1 amide bonds. The van der Waals surface area contributed by atoms with Gasteiger partial charge in [-0.3, -0.25) is 14.4 Å². The van der Waals surface area contributed by atoms with E-state index in [1.54, 1.807) is 0 Å². The molecule has 2 N–H and O–H groups in total. The molecule has 42 heavy (non-hydrogen) atoms. The van der Waals surface area contributed by atoms with E-state index in [0.717, 1.165) is 49.9 Å². The third-order valence-electron chi connectivity index (χ3n) is 12.9. The molecule has 0 spiro atoms. The van der Waals surface area contributed by atoms with Crippen LogP contribution in [0.4, 0.5) is 0 Å². The standard InChI is InChI=1S/C36H61NO5/c1-5-6-7-8-9-10-11-12-34(41)42-27-19-21-35(3)26(23-27)14-15-28-30-17-16-29(36(30,4)22-20-31(28)35)25(2)13-18-32(38)37-24-33(39)40/h25-31H,5-24H2,1-4H3,(H,37,38)(H,39,40). The number of carboxylic acids is 1. The molecule has 0 radical (unpaired) electrons. The molecule has 4 aliphatic carbocycles. The summed E-state index contributed by atoms with van der Waals surface area (Å²) in [5.41, 5.74) is 0.724. The number of aliphatic carboxylic acids is 1. The van der Waals surface area contributed by atoms with Crippen LogP contribution in [0.25, 0.3) is 0 Å². The minimum atomic E-state index is -0.990. The summed E-state index contributed by atoms with van der Waals surface area (Å²) in [4.78, 5) is 35.6. The molecule has 6 heteroatoms. The third kappa shape index (κ3) is 7.73. The van der Waals surface area contributed by atoms with Crippen LogP contribution in [0.5, 0.6) is 0 Å². The van der Waals surface area contributed by atoms with E-state index in [2.05, 4.69) is 33.0 Å². The Morgan fingerprint density at radius 1 is 0.857 bits per heavy atom. The lowest BCUT2D eigenvalue weighted by Crippen LogP contribution is -2.54. The molecule has 0 aromatic heterocycles. The Kier molecular flexibility index (Phi) is 11.8. The van der Waals surface area contributed by atoms with Gasteiger partial charge >= 0.3 is 11.9 Å². The number of nitrogens with one attached hydrogen (secondary N) is 1. The van der Waals surface area contributed by atoms with Crippen molar-refractivity contribution in [1.82, 2.24) is 5.32 Å². The molecule has 4 aliphatic rings. The first kappa shape index (κ1) is 33.3. The fourth-order valence-electron chi connectivity index (χ4n) is 10.6. The molecule has 0 aromatic carbocycles. The number of carbonyl (C=O) groups is 3. The van der Waals surface area contributed by atoms with Crippen LogP contribution in [0.2, 0.25) is 0 Å². The van der Waals surface area contributed by atoms with Gasteiger partial charge in [-0.25, -0.2) is 0 Å². The minimum absolute atomic E-state index is 0.0322. The molecular formula is C36H61NO5. The number of unbranched alkanes of at least 4 members (excludes halogenated alkanes) is 6. The topological polar surface area (TPSA) is 92.7 Å². The Morgan fingerprint density at radius 3 is 2.29 bits per heavy atom. The van der Waals surface area contributed by atoms with Gasteiger partial charge in [0.15, 0.2) is 0 Å². The second kappa shape index (κ2) is 14.9. The maximum absolute atomic E-state index is 12.6. The van der Waals surface area contributed by atoms with Gasteiger partial charge in [0.25, 0.3) is 0 Å². The first-order valence-electron chi connectivity index (χ1n) is 17.8. The van der Waals surface area contributed by atoms with E-state index in [9.17, 15) is 14.4 Å². The summed E-state index contributed by atoms with van der Waals surface area (Å²) >= 11 is 0. The number of fused-ring (bicyclic) bond motifs is 5. The zero-order chi connectivity index (χ0) is 30.3. The molecule has 0 aromatic rings. The fraction of sp³-hybridized carbons (Fsp3) is 0.917. The fourth-order valence-corrected chi connectivity index (χ4v) is 10.6. The van der Waals surface area contributed by atoms with Gasteiger partial charge in [-0.2, -0.15) is 0 Å². The van der Waals surface area contributed by atoms with Crippen molar-refractivity contribution < 1.29 is 24.2 Å². The maximum Gasteiger partial charge on any atom is 0.322 e. The van der Waals surface area contributed by atoms with Crippen molar-refractivity contribution in [3.63, 3.8) is 0 Å². The van der Waals surface area contributed by atoms with Gasteiger partial charge in [0, 0.05) is 12.8 Å². The van der Waals surface area contributed by atoms with Crippen molar-refractivity contribution in [2.24, 2.45) is 46.3 Å². The quantitative estimate of drug-likeness (QED) is 0.148. The molecule has 4 saturated carbocycles. The van der Waals surface area contributed by atoms with Crippen molar-refractivity contribution in [1.29, 1.82) is 0 Å². The van der Waals surface area contributed by atoms with Gasteiger partial charge in [-0.05, 0) is 117 Å². The van der Waals surface area contributed by atoms with Crippen molar-refractivity contribution in [2.45, 2.75) is 156 Å². The lowest BCUT2D eigenvalue weighted by atomic mass is 9.44. The summed E-state index contributed by atoms with van der Waals surface area (Å²) in [5.74, 6) is 3.07. The Bertz CT molecular complexity index is 920. The number of hydrogen-bond donors (Lipinski definition) is 2. The predicted octanol–water partition coefficient (Wildman–Crippen LogP) is 8.31. The number of carboxylic acid groups (broad SMARTS) is 1. The summed E-state index contributed by atoms with van der Waals surface area (Å²) < 4.78 is 6.06. The third-order valence-corrected chi connectivity index (χ3v) is 12.9. The molecule has 0 saturated heterocycles. The molecular weight excluding hydrogens is 526 g/mol. The smallest absolute Gasteiger partial charge is 0.322 e. The van der Waals surface area contributed by atoms with E-state index in [-0.39, 0.29) is 24.5 Å². The molecule has 4 rings (SSSR count). The van der Waals surface area contributed by atoms with Crippen molar-refractivity contribution in [3.05, 3.63) is 0 Å². The van der Waals surface area contributed by atoms with Crippen molar-refractivity contribution in [2.75, 3.05) is 6.54 Å². The molecule has 6 nitrogen and oxygen atoms in total. The highest BCUT2D eigenvalue weighted by Gasteiger charge is 2.60. The van der Waals surface area contributed by atoms with Gasteiger partial charge < -0.3 is 15.2 Å². The van der Waals surface area contributed by atoms with E-state index in [1.807, 2.05) is 0 Å². The zero-order valence-corrected chi connectivity index (χ0v) is 27.3. The van der Waals surface area contributed by atoms with E-state index in [1.165, 1.54) is 77.0 Å². The van der Waals surface area contributed by atoms with Crippen LogP contribution >= 0.6 is 0 Å². The number of ether oxygens (including phenoxy) is 1. The Balaban J connectivity index is 1.25. The summed E-state index contributed by atoms with van der Waals surface area (Å²) in [6.45, 7) is 9.42. The van der Waals surface area contributed by atoms with Gasteiger partial charge in [0.1, 0.15) is 12.6 Å². The normalized spacial score (nSPS) is 36.3. The van der Waals surface area contributed by atoms with Crippen molar-refractivity contribution >= 4 is 17.8 Å². The SMILES string of the molecule is CCCCCCCCCC(=O)OC1CCC2(C)C(CCC3C2CCC2(C)C(C(C)CCC(=O)NCC(=O)O)CCC32)C1. The zero-order valence-electron chi connectivity index (χ0n) is 27.3. The second-order valence-electron chi connectivity index (χ2n) is 15.3. The molecule has 9 atom stereocenters. The van der Waals surface area contributed by atoms with Crippen LogP contribution < -0.4 is 5.32 Å². The highest BCUT2D eigenvalue weighted by atomic mass is 16.5. The number of esters is 1. The van der Waals surface area contributed by atoms with Gasteiger partial charge in [-0.15, -0.1) is 0 Å². The van der Waals surface area contributed by atoms with E-state index >= 15 is 0 Å². The Hall–Kier alpha value is -1.59. The van der Waals surface area contributed by atoms with Crippen molar-refractivity contribution in [3.8, 4) is 0 Å². The van der Waals surface area contributed by atoms with E-state index < -0.39 is 5.97 Å².